The molecule has 0 saturated heterocycles. The first kappa shape index (κ1) is 27.1. The van der Waals surface area contributed by atoms with E-state index in [1.807, 2.05) is 24.3 Å². The molecular weight excluding hydrogens is 416 g/mol. The molecule has 0 atom stereocenters. The normalized spacial score (nSPS) is 11.0. The molecule has 6 nitrogen and oxygen atoms in total. The number of ether oxygens (including phenoxy) is 4. The summed E-state index contributed by atoms with van der Waals surface area (Å²) in [7, 11) is 0. The summed E-state index contributed by atoms with van der Waals surface area (Å²) in [4.78, 5) is 8.99. The van der Waals surface area contributed by atoms with Gasteiger partial charge in [0, 0.05) is 26.4 Å². The highest BCUT2D eigenvalue weighted by Crippen LogP contribution is 2.27. The van der Waals surface area contributed by atoms with Gasteiger partial charge in [0.2, 0.25) is 0 Å². The van der Waals surface area contributed by atoms with Gasteiger partial charge in [0.1, 0.15) is 5.75 Å². The van der Waals surface area contributed by atoms with Crippen molar-refractivity contribution in [2.24, 2.45) is 0 Å². The highest BCUT2D eigenvalue weighted by atomic mass is 16.5. The lowest BCUT2D eigenvalue weighted by molar-refractivity contribution is 0.126. The fourth-order valence-electron chi connectivity index (χ4n) is 3.24. The van der Waals surface area contributed by atoms with Crippen molar-refractivity contribution in [2.75, 3.05) is 39.6 Å². The maximum atomic E-state index is 6.05. The van der Waals surface area contributed by atoms with Crippen molar-refractivity contribution in [2.45, 2.75) is 71.6 Å². The highest BCUT2D eigenvalue weighted by molar-refractivity contribution is 5.63. The fraction of sp³-hybridized carbons (Fsp3) is 0.630. The number of aromatic nitrogens is 2. The third-order valence-electron chi connectivity index (χ3n) is 5.14. The van der Waals surface area contributed by atoms with Crippen LogP contribution in [0.15, 0.2) is 36.7 Å². The number of hydrogen-bond acceptors (Lipinski definition) is 6. The zero-order valence-electron chi connectivity index (χ0n) is 20.6. The molecular formula is C27H42N2O4. The van der Waals surface area contributed by atoms with E-state index >= 15 is 0 Å². The first-order chi connectivity index (χ1) is 16.3. The van der Waals surface area contributed by atoms with E-state index in [9.17, 15) is 0 Å². The summed E-state index contributed by atoms with van der Waals surface area (Å²) in [6.45, 7) is 9.01. The molecule has 0 spiro atoms. The zero-order valence-corrected chi connectivity index (χ0v) is 20.6. The second kappa shape index (κ2) is 18.3. The maximum absolute atomic E-state index is 6.05. The Morgan fingerprint density at radius 2 is 1.21 bits per heavy atom. The molecule has 0 aliphatic rings. The predicted molar refractivity (Wildman–Crippen MR) is 133 cm³/mol. The lowest BCUT2D eigenvalue weighted by atomic mass is 10.2. The Bertz CT molecular complexity index is 724. The van der Waals surface area contributed by atoms with Crippen molar-refractivity contribution in [1.29, 1.82) is 0 Å². The van der Waals surface area contributed by atoms with Crippen LogP contribution in [0.4, 0.5) is 0 Å². The average molecular weight is 459 g/mol. The second-order valence-corrected chi connectivity index (χ2v) is 8.14. The molecule has 0 saturated carbocycles. The van der Waals surface area contributed by atoms with Crippen molar-refractivity contribution >= 4 is 0 Å². The summed E-state index contributed by atoms with van der Waals surface area (Å²) in [6.07, 6.45) is 13.3. The van der Waals surface area contributed by atoms with Crippen molar-refractivity contribution in [3.63, 3.8) is 0 Å². The third kappa shape index (κ3) is 12.0. The molecule has 0 unspecified atom stereocenters. The van der Waals surface area contributed by atoms with Crippen LogP contribution < -0.4 is 9.47 Å². The quantitative estimate of drug-likeness (QED) is 0.211. The number of nitrogens with zero attached hydrogens (tertiary/aromatic N) is 2. The molecule has 1 aromatic heterocycles. The van der Waals surface area contributed by atoms with Gasteiger partial charge < -0.3 is 18.9 Å². The minimum absolute atomic E-state index is 0.642. The van der Waals surface area contributed by atoms with Crippen molar-refractivity contribution in [3.8, 4) is 22.9 Å². The zero-order chi connectivity index (χ0) is 23.4. The Morgan fingerprint density at radius 1 is 0.606 bits per heavy atom. The van der Waals surface area contributed by atoms with E-state index in [1.165, 1.54) is 12.8 Å². The van der Waals surface area contributed by atoms with Crippen LogP contribution in [-0.4, -0.2) is 49.6 Å². The summed E-state index contributed by atoms with van der Waals surface area (Å²) >= 11 is 0. The predicted octanol–water partition coefficient (Wildman–Crippen LogP) is 6.49. The Balaban J connectivity index is 1.68. The van der Waals surface area contributed by atoms with Crippen molar-refractivity contribution in [1.82, 2.24) is 9.97 Å². The molecule has 2 rings (SSSR count). The van der Waals surface area contributed by atoms with E-state index < -0.39 is 0 Å². The number of rotatable bonds is 20. The first-order valence-electron chi connectivity index (χ1n) is 12.7. The minimum Gasteiger partial charge on any atom is -0.493 e. The lowest BCUT2D eigenvalue weighted by Crippen LogP contribution is -2.03. The molecule has 1 heterocycles. The molecule has 0 N–H and O–H groups in total. The molecule has 2 aromatic rings. The van der Waals surface area contributed by atoms with Crippen molar-refractivity contribution < 1.29 is 18.9 Å². The molecule has 0 amide bonds. The monoisotopic (exact) mass is 458 g/mol. The lowest BCUT2D eigenvalue weighted by Gasteiger charge is -2.11. The van der Waals surface area contributed by atoms with Crippen LogP contribution >= 0.6 is 0 Å². The summed E-state index contributed by atoms with van der Waals surface area (Å²) in [5.41, 5.74) is 0.904. The van der Waals surface area contributed by atoms with E-state index in [4.69, 9.17) is 18.9 Å². The number of benzene rings is 1. The average Bonchev–Trinajstić information content (AvgIpc) is 2.85. The fourth-order valence-corrected chi connectivity index (χ4v) is 3.24. The molecule has 33 heavy (non-hydrogen) atoms. The summed E-state index contributed by atoms with van der Waals surface area (Å²) in [5.74, 6) is 2.15. The number of hydrogen-bond donors (Lipinski definition) is 0. The van der Waals surface area contributed by atoms with E-state index in [-0.39, 0.29) is 0 Å². The Labute approximate surface area is 200 Å². The van der Waals surface area contributed by atoms with Gasteiger partial charge in [-0.1, -0.05) is 38.8 Å². The van der Waals surface area contributed by atoms with Gasteiger partial charge in [0.25, 0.3) is 0 Å². The SMILES string of the molecule is CCCCOCCCCCCOc1ccccc1-c1ncc(OCCCCOCCC)cn1. The van der Waals surface area contributed by atoms with Crippen LogP contribution in [0.2, 0.25) is 0 Å². The standard InChI is InChI=1S/C27H42N2O4/c1-3-5-17-31-18-10-6-7-11-21-33-26-15-9-8-14-25(26)27-28-22-24(23-29-27)32-20-13-12-19-30-16-4-2/h8-9,14-15,22-23H,3-7,10-13,16-21H2,1-2H3. The topological polar surface area (TPSA) is 62.7 Å². The smallest absolute Gasteiger partial charge is 0.163 e. The van der Waals surface area contributed by atoms with Gasteiger partial charge in [0.15, 0.2) is 11.6 Å². The second-order valence-electron chi connectivity index (χ2n) is 8.14. The number of unbranched alkanes of at least 4 members (excludes halogenated alkanes) is 5. The highest BCUT2D eigenvalue weighted by Gasteiger charge is 2.09. The maximum Gasteiger partial charge on any atom is 0.163 e. The van der Waals surface area contributed by atoms with Gasteiger partial charge in [-0.25, -0.2) is 9.97 Å². The Hall–Kier alpha value is -2.18. The van der Waals surface area contributed by atoms with Gasteiger partial charge in [-0.3, -0.25) is 0 Å². The van der Waals surface area contributed by atoms with E-state index in [2.05, 4.69) is 23.8 Å². The minimum atomic E-state index is 0.642. The van der Waals surface area contributed by atoms with Gasteiger partial charge in [-0.2, -0.15) is 0 Å². The summed E-state index contributed by atoms with van der Waals surface area (Å²) < 4.78 is 22.9. The summed E-state index contributed by atoms with van der Waals surface area (Å²) in [6, 6.07) is 7.93. The molecule has 0 fully saturated rings. The van der Waals surface area contributed by atoms with Crippen molar-refractivity contribution in [3.05, 3.63) is 36.7 Å². The van der Waals surface area contributed by atoms with Crippen LogP contribution in [0.25, 0.3) is 11.4 Å². The molecule has 1 aromatic carbocycles. The van der Waals surface area contributed by atoms with Crippen LogP contribution in [0.3, 0.4) is 0 Å². The van der Waals surface area contributed by atoms with Gasteiger partial charge in [-0.05, 0) is 57.1 Å². The Kier molecular flexibility index (Phi) is 15.0. The molecule has 0 aliphatic heterocycles. The molecule has 0 bridgehead atoms. The molecule has 0 radical (unpaired) electrons. The summed E-state index contributed by atoms with van der Waals surface area (Å²) in [5, 5.41) is 0. The van der Waals surface area contributed by atoms with E-state index in [0.717, 1.165) is 82.7 Å². The number of para-hydroxylation sites is 1. The largest absolute Gasteiger partial charge is 0.493 e. The van der Waals surface area contributed by atoms with E-state index in [1.54, 1.807) is 12.4 Å². The molecule has 0 aliphatic carbocycles. The van der Waals surface area contributed by atoms with Gasteiger partial charge in [0.05, 0.1) is 31.2 Å². The van der Waals surface area contributed by atoms with Crippen LogP contribution in [-0.2, 0) is 9.47 Å². The van der Waals surface area contributed by atoms with Crippen LogP contribution in [0.1, 0.15) is 71.6 Å². The van der Waals surface area contributed by atoms with Gasteiger partial charge in [-0.15, -0.1) is 0 Å². The first-order valence-corrected chi connectivity index (χ1v) is 12.7. The van der Waals surface area contributed by atoms with Gasteiger partial charge >= 0.3 is 0 Å². The molecule has 6 heteroatoms. The molecule has 184 valence electrons. The van der Waals surface area contributed by atoms with Crippen LogP contribution in [0.5, 0.6) is 11.5 Å². The third-order valence-corrected chi connectivity index (χ3v) is 5.14. The van der Waals surface area contributed by atoms with Crippen LogP contribution in [0, 0.1) is 0 Å². The Morgan fingerprint density at radius 3 is 1.97 bits per heavy atom. The van der Waals surface area contributed by atoms with E-state index in [0.29, 0.717) is 24.8 Å².